The van der Waals surface area contributed by atoms with Crippen LogP contribution in [0.3, 0.4) is 0 Å². The van der Waals surface area contributed by atoms with Gasteiger partial charge in [-0.15, -0.1) is 0 Å². The third-order valence-corrected chi connectivity index (χ3v) is 6.33. The Labute approximate surface area is 197 Å². The van der Waals surface area contributed by atoms with Crippen molar-refractivity contribution >= 4 is 5.69 Å². The fraction of sp³-hybridized carbons (Fsp3) is 0.345. The number of nitrogens with zero attached hydrogens (tertiary/aromatic N) is 2. The van der Waals surface area contributed by atoms with Gasteiger partial charge >= 0.3 is 0 Å². The number of piperazine rings is 1. The molecule has 3 aromatic rings. The smallest absolute Gasteiger partial charge is 0.224 e. The molecule has 0 bridgehead atoms. The molecule has 172 valence electrons. The van der Waals surface area contributed by atoms with Crippen LogP contribution in [0.4, 0.5) is 5.69 Å². The standard InChI is InChI=1S/C29H34N2O2/c1-22(2)25-12-13-26(29(32)28(19-25)33-21-24-9-5-4-6-10-24)20-30-14-16-31(17-15-30)27-11-7-8-23(3)18-27/h4-13,18-19,22H,14-17,20-21H2,1-3H3. The maximum Gasteiger partial charge on any atom is 0.224 e. The van der Waals surface area contributed by atoms with Crippen molar-refractivity contribution in [3.8, 4) is 5.75 Å². The zero-order valence-electron chi connectivity index (χ0n) is 20.0. The van der Waals surface area contributed by atoms with Crippen molar-refractivity contribution in [3.05, 3.63) is 105 Å². The Balaban J connectivity index is 1.49. The molecule has 0 spiro atoms. The summed E-state index contributed by atoms with van der Waals surface area (Å²) in [6.07, 6.45) is 0. The van der Waals surface area contributed by atoms with E-state index in [1.165, 1.54) is 11.3 Å². The van der Waals surface area contributed by atoms with Crippen molar-refractivity contribution in [2.75, 3.05) is 31.1 Å². The molecule has 4 nitrogen and oxygen atoms in total. The molecule has 0 radical (unpaired) electrons. The maximum absolute atomic E-state index is 13.4. The Hall–Kier alpha value is -3.11. The molecule has 1 saturated heterocycles. The maximum atomic E-state index is 13.4. The molecule has 0 N–H and O–H groups in total. The van der Waals surface area contributed by atoms with Gasteiger partial charge in [-0.3, -0.25) is 9.69 Å². The van der Waals surface area contributed by atoms with E-state index in [1.807, 2.05) is 42.5 Å². The van der Waals surface area contributed by atoms with Crippen LogP contribution >= 0.6 is 0 Å². The second-order valence-corrected chi connectivity index (χ2v) is 9.23. The minimum atomic E-state index is -0.000977. The van der Waals surface area contributed by atoms with E-state index in [-0.39, 0.29) is 5.43 Å². The van der Waals surface area contributed by atoms with Gasteiger partial charge in [0.2, 0.25) is 5.43 Å². The van der Waals surface area contributed by atoms with E-state index in [0.29, 0.717) is 24.8 Å². The van der Waals surface area contributed by atoms with Crippen molar-refractivity contribution in [1.82, 2.24) is 4.90 Å². The number of benzene rings is 2. The predicted molar refractivity (Wildman–Crippen MR) is 136 cm³/mol. The summed E-state index contributed by atoms with van der Waals surface area (Å²) in [5.74, 6) is 0.766. The van der Waals surface area contributed by atoms with Crippen molar-refractivity contribution in [3.63, 3.8) is 0 Å². The lowest BCUT2D eigenvalue weighted by Gasteiger charge is -2.36. The number of aryl methyl sites for hydroxylation is 1. The second-order valence-electron chi connectivity index (χ2n) is 9.23. The summed E-state index contributed by atoms with van der Waals surface area (Å²) in [4.78, 5) is 18.2. The monoisotopic (exact) mass is 442 g/mol. The first kappa shape index (κ1) is 23.1. The van der Waals surface area contributed by atoms with Gasteiger partial charge in [0.05, 0.1) is 0 Å². The first-order valence-corrected chi connectivity index (χ1v) is 11.9. The first-order valence-electron chi connectivity index (χ1n) is 11.9. The summed E-state index contributed by atoms with van der Waals surface area (Å²) < 4.78 is 6.05. The van der Waals surface area contributed by atoms with Crippen molar-refractivity contribution in [1.29, 1.82) is 0 Å². The lowest BCUT2D eigenvalue weighted by atomic mass is 10.1. The van der Waals surface area contributed by atoms with Crippen LogP contribution in [0.5, 0.6) is 5.75 Å². The molecule has 1 aliphatic heterocycles. The van der Waals surface area contributed by atoms with Crippen LogP contribution < -0.4 is 15.1 Å². The Morgan fingerprint density at radius 3 is 2.33 bits per heavy atom. The molecular formula is C29H34N2O2. The fourth-order valence-corrected chi connectivity index (χ4v) is 4.25. The summed E-state index contributed by atoms with van der Waals surface area (Å²) in [6.45, 7) is 11.3. The van der Waals surface area contributed by atoms with Gasteiger partial charge in [-0.2, -0.15) is 0 Å². The summed E-state index contributed by atoms with van der Waals surface area (Å²) >= 11 is 0. The van der Waals surface area contributed by atoms with Gasteiger partial charge in [-0.1, -0.05) is 68.4 Å². The molecule has 1 heterocycles. The molecule has 4 heteroatoms. The average molecular weight is 443 g/mol. The first-order chi connectivity index (χ1) is 16.0. The Bertz CT molecular complexity index is 1120. The van der Waals surface area contributed by atoms with Gasteiger partial charge in [0.1, 0.15) is 6.61 Å². The normalized spacial score (nSPS) is 14.5. The van der Waals surface area contributed by atoms with Crippen LogP contribution in [0.2, 0.25) is 0 Å². The molecule has 0 aliphatic carbocycles. The summed E-state index contributed by atoms with van der Waals surface area (Å²) in [6, 6.07) is 24.7. The van der Waals surface area contributed by atoms with E-state index in [4.69, 9.17) is 4.74 Å². The van der Waals surface area contributed by atoms with Gasteiger partial charge in [0.25, 0.3) is 0 Å². The van der Waals surface area contributed by atoms with E-state index in [9.17, 15) is 4.79 Å². The van der Waals surface area contributed by atoms with E-state index in [2.05, 4.69) is 60.9 Å². The molecule has 0 amide bonds. The van der Waals surface area contributed by atoms with Gasteiger partial charge in [-0.25, -0.2) is 0 Å². The molecule has 0 aromatic heterocycles. The van der Waals surface area contributed by atoms with Crippen LogP contribution in [0.1, 0.15) is 42.0 Å². The molecule has 3 aromatic carbocycles. The minimum Gasteiger partial charge on any atom is -0.485 e. The van der Waals surface area contributed by atoms with Crippen LogP contribution in [0, 0.1) is 6.92 Å². The van der Waals surface area contributed by atoms with E-state index >= 15 is 0 Å². The molecule has 4 rings (SSSR count). The highest BCUT2D eigenvalue weighted by molar-refractivity contribution is 5.48. The van der Waals surface area contributed by atoms with E-state index in [1.54, 1.807) is 0 Å². The Morgan fingerprint density at radius 2 is 1.64 bits per heavy atom. The van der Waals surface area contributed by atoms with Crippen molar-refractivity contribution < 1.29 is 4.74 Å². The predicted octanol–water partition coefficient (Wildman–Crippen LogP) is 5.38. The third-order valence-electron chi connectivity index (χ3n) is 6.33. The molecule has 1 fully saturated rings. The summed E-state index contributed by atoms with van der Waals surface area (Å²) in [5.41, 5.74) is 5.54. The molecule has 33 heavy (non-hydrogen) atoms. The fourth-order valence-electron chi connectivity index (χ4n) is 4.25. The Kier molecular flexibility index (Phi) is 7.46. The topological polar surface area (TPSA) is 32.8 Å². The molecule has 0 atom stereocenters. The van der Waals surface area contributed by atoms with E-state index < -0.39 is 0 Å². The lowest BCUT2D eigenvalue weighted by molar-refractivity contribution is 0.248. The zero-order chi connectivity index (χ0) is 23.2. The van der Waals surface area contributed by atoms with Crippen molar-refractivity contribution in [2.24, 2.45) is 0 Å². The SMILES string of the molecule is Cc1cccc(N2CCN(Cc3ccc(C(C)C)cc(OCc4ccccc4)c3=O)CC2)c1. The van der Waals surface area contributed by atoms with Crippen LogP contribution in [-0.4, -0.2) is 31.1 Å². The number of hydrogen-bond acceptors (Lipinski definition) is 4. The number of anilines is 1. The molecule has 0 unspecified atom stereocenters. The van der Waals surface area contributed by atoms with Gasteiger partial charge < -0.3 is 9.64 Å². The Morgan fingerprint density at radius 1 is 0.879 bits per heavy atom. The van der Waals surface area contributed by atoms with Gasteiger partial charge in [0, 0.05) is 44.0 Å². The second kappa shape index (κ2) is 10.7. The largest absolute Gasteiger partial charge is 0.485 e. The van der Waals surface area contributed by atoms with Gasteiger partial charge in [0.15, 0.2) is 5.75 Å². The highest BCUT2D eigenvalue weighted by Gasteiger charge is 2.19. The molecule has 0 saturated carbocycles. The third kappa shape index (κ3) is 6.02. The molecule has 1 aliphatic rings. The van der Waals surface area contributed by atoms with Crippen molar-refractivity contribution in [2.45, 2.75) is 39.8 Å². The highest BCUT2D eigenvalue weighted by Crippen LogP contribution is 2.21. The summed E-state index contributed by atoms with van der Waals surface area (Å²) in [5, 5.41) is 0. The quantitative estimate of drug-likeness (QED) is 0.492. The van der Waals surface area contributed by atoms with Crippen LogP contribution in [0.15, 0.2) is 77.6 Å². The summed E-state index contributed by atoms with van der Waals surface area (Å²) in [7, 11) is 0. The number of hydrogen-bond donors (Lipinski definition) is 0. The van der Waals surface area contributed by atoms with Gasteiger partial charge in [-0.05, 0) is 47.7 Å². The number of rotatable bonds is 7. The highest BCUT2D eigenvalue weighted by atomic mass is 16.5. The minimum absolute atomic E-state index is 0.000977. The average Bonchev–Trinajstić information content (AvgIpc) is 2.98. The van der Waals surface area contributed by atoms with Crippen LogP contribution in [-0.2, 0) is 13.2 Å². The zero-order valence-corrected chi connectivity index (χ0v) is 20.0. The van der Waals surface area contributed by atoms with E-state index in [0.717, 1.165) is 42.9 Å². The van der Waals surface area contributed by atoms with Crippen LogP contribution in [0.25, 0.3) is 0 Å². The number of ether oxygens (including phenoxy) is 1. The lowest BCUT2D eigenvalue weighted by Crippen LogP contribution is -2.46. The molecular weight excluding hydrogens is 408 g/mol.